The Bertz CT molecular complexity index is 45.4. The molecule has 3 nitrogen and oxygen atoms in total. The molecule has 88 valence electrons. The van der Waals surface area contributed by atoms with Gasteiger partial charge in [-0.05, 0) is 35.2 Å². The normalized spacial score (nSPS) is 6.92. The van der Waals surface area contributed by atoms with Crippen LogP contribution in [0.1, 0.15) is 28.7 Å². The molecule has 0 aliphatic carbocycles. The zero-order chi connectivity index (χ0) is 9.86. The van der Waals surface area contributed by atoms with E-state index in [9.17, 15) is 0 Å². The van der Waals surface area contributed by atoms with E-state index in [1.54, 1.807) is 19.0 Å². The highest BCUT2D eigenvalue weighted by atomic mass is 16.3. The van der Waals surface area contributed by atoms with Crippen molar-refractivity contribution in [1.29, 1.82) is 0 Å². The van der Waals surface area contributed by atoms with Crippen LogP contribution in [-0.2, 0) is 0 Å². The number of aliphatic hydroxyl groups excluding tert-OH is 1. The Morgan fingerprint density at radius 2 is 0.923 bits per heavy atom. The third-order valence-electron chi connectivity index (χ3n) is 0.283. The maximum atomic E-state index is 8.07. The third-order valence-corrected chi connectivity index (χ3v) is 0.283. The van der Waals surface area contributed by atoms with Gasteiger partial charge < -0.3 is 10.0 Å². The van der Waals surface area contributed by atoms with Gasteiger partial charge in [-0.3, -0.25) is 4.90 Å². The van der Waals surface area contributed by atoms with Gasteiger partial charge in [0, 0.05) is 0 Å². The van der Waals surface area contributed by atoms with Crippen LogP contribution >= 0.6 is 0 Å². The minimum Gasteiger partial charge on any atom is -0.381 e. The molecule has 0 aliphatic heterocycles. The number of hydrogen-bond donors (Lipinski definition) is 1. The van der Waals surface area contributed by atoms with Crippen molar-refractivity contribution in [3.63, 3.8) is 0 Å². The molecule has 0 aromatic heterocycles. The second-order valence-electron chi connectivity index (χ2n) is 2.56. The summed E-state index contributed by atoms with van der Waals surface area (Å²) in [4.78, 5) is 3.68. The highest BCUT2D eigenvalue weighted by molar-refractivity contribution is 4.16. The molecule has 0 saturated heterocycles. The minimum atomic E-state index is 0. The molecule has 0 unspecified atom stereocenters. The van der Waals surface area contributed by atoms with Crippen molar-refractivity contribution in [3.8, 4) is 0 Å². The summed E-state index contributed by atoms with van der Waals surface area (Å²) in [6.07, 6.45) is 0. The molecule has 1 N–H and O–H groups in total. The van der Waals surface area contributed by atoms with Crippen LogP contribution in [0.4, 0.5) is 0 Å². The molecular weight excluding hydrogens is 164 g/mol. The van der Waals surface area contributed by atoms with Crippen molar-refractivity contribution >= 4 is 0 Å². The summed E-state index contributed by atoms with van der Waals surface area (Å²) in [6, 6.07) is 0. The summed E-state index contributed by atoms with van der Waals surface area (Å²) in [6.45, 7) is 4.14. The van der Waals surface area contributed by atoms with Crippen molar-refractivity contribution in [1.82, 2.24) is 9.80 Å². The Balaban J connectivity index is -0.0000000246. The SMILES string of the molecule is C.C.CC.CN(C)C.CN(C)CO. The lowest BCUT2D eigenvalue weighted by Crippen LogP contribution is -2.11. The molecule has 0 radical (unpaired) electrons. The van der Waals surface area contributed by atoms with Crippen molar-refractivity contribution in [3.05, 3.63) is 0 Å². The maximum Gasteiger partial charge on any atom is 0.0951 e. The second-order valence-corrected chi connectivity index (χ2v) is 2.56. The minimum absolute atomic E-state index is 0. The van der Waals surface area contributed by atoms with E-state index >= 15 is 0 Å². The fourth-order valence-electron chi connectivity index (χ4n) is 0. The molecule has 13 heavy (non-hydrogen) atoms. The van der Waals surface area contributed by atoms with Gasteiger partial charge in [-0.2, -0.15) is 0 Å². The molecular formula is C10H32N2O. The molecule has 0 spiro atoms. The Kier molecular flexibility index (Phi) is 66.9. The van der Waals surface area contributed by atoms with E-state index in [1.165, 1.54) is 0 Å². The largest absolute Gasteiger partial charge is 0.381 e. The van der Waals surface area contributed by atoms with Crippen molar-refractivity contribution in [2.75, 3.05) is 42.0 Å². The summed E-state index contributed by atoms with van der Waals surface area (Å²) >= 11 is 0. The van der Waals surface area contributed by atoms with Gasteiger partial charge in [-0.25, -0.2) is 0 Å². The summed E-state index contributed by atoms with van der Waals surface area (Å²) in [5, 5.41) is 8.07. The van der Waals surface area contributed by atoms with Gasteiger partial charge >= 0.3 is 0 Å². The van der Waals surface area contributed by atoms with Crippen molar-refractivity contribution < 1.29 is 5.11 Å². The van der Waals surface area contributed by atoms with Gasteiger partial charge in [-0.1, -0.05) is 28.7 Å². The lowest BCUT2D eigenvalue weighted by Gasteiger charge is -1.99. The standard InChI is InChI=1S/C3H9NO.C3H9N.C2H6.2CH4/c1-4(2)3-5;1-4(2)3;1-2;;/h5H,3H2,1-2H3;1-3H3;1-2H3;2*1H4. The molecule has 0 aromatic carbocycles. The molecule has 0 bridgehead atoms. The average Bonchev–Trinajstić information content (AvgIpc) is 1.91. The summed E-state index contributed by atoms with van der Waals surface area (Å²) in [5.41, 5.74) is 0. The number of nitrogens with zero attached hydrogens (tertiary/aromatic N) is 2. The first-order valence-electron chi connectivity index (χ1n) is 3.87. The van der Waals surface area contributed by atoms with Crippen LogP contribution in [0.5, 0.6) is 0 Å². The van der Waals surface area contributed by atoms with E-state index in [4.69, 9.17) is 5.11 Å². The van der Waals surface area contributed by atoms with Gasteiger partial charge in [-0.15, -0.1) is 0 Å². The van der Waals surface area contributed by atoms with E-state index in [0.717, 1.165) is 0 Å². The smallest absolute Gasteiger partial charge is 0.0951 e. The molecule has 0 fully saturated rings. The predicted octanol–water partition coefficient (Wildman–Crippen LogP) is 1.97. The number of rotatable bonds is 1. The van der Waals surface area contributed by atoms with Gasteiger partial charge in [0.1, 0.15) is 0 Å². The Morgan fingerprint density at radius 3 is 0.923 bits per heavy atom. The fraction of sp³-hybridized carbons (Fsp3) is 1.00. The Labute approximate surface area is 86.4 Å². The van der Waals surface area contributed by atoms with Crippen LogP contribution in [0.2, 0.25) is 0 Å². The van der Waals surface area contributed by atoms with Crippen LogP contribution in [0.25, 0.3) is 0 Å². The molecule has 0 amide bonds. The summed E-state index contributed by atoms with van der Waals surface area (Å²) < 4.78 is 0. The van der Waals surface area contributed by atoms with Crippen LogP contribution in [0, 0.1) is 0 Å². The molecule has 0 saturated carbocycles. The van der Waals surface area contributed by atoms with Crippen molar-refractivity contribution in [2.24, 2.45) is 0 Å². The van der Waals surface area contributed by atoms with E-state index in [1.807, 2.05) is 39.9 Å². The van der Waals surface area contributed by atoms with E-state index in [0.29, 0.717) is 0 Å². The zero-order valence-electron chi connectivity index (χ0n) is 9.05. The first-order valence-corrected chi connectivity index (χ1v) is 3.87. The highest BCUT2D eigenvalue weighted by Crippen LogP contribution is 1.59. The molecule has 0 heterocycles. The van der Waals surface area contributed by atoms with Crippen LogP contribution < -0.4 is 0 Å². The molecule has 0 aliphatic rings. The number of aliphatic hydroxyl groups is 1. The topological polar surface area (TPSA) is 26.7 Å². The second kappa shape index (κ2) is 29.7. The van der Waals surface area contributed by atoms with Gasteiger partial charge in [0.25, 0.3) is 0 Å². The Hall–Kier alpha value is -0.120. The molecule has 0 aromatic rings. The van der Waals surface area contributed by atoms with Gasteiger partial charge in [0.2, 0.25) is 0 Å². The monoisotopic (exact) mass is 196 g/mol. The van der Waals surface area contributed by atoms with E-state index in [2.05, 4.69) is 0 Å². The first kappa shape index (κ1) is 29.3. The van der Waals surface area contributed by atoms with E-state index < -0.39 is 0 Å². The average molecular weight is 196 g/mol. The lowest BCUT2D eigenvalue weighted by atomic mass is 11.0. The number of hydrogen-bond acceptors (Lipinski definition) is 3. The van der Waals surface area contributed by atoms with Crippen LogP contribution in [0.15, 0.2) is 0 Å². The molecule has 0 atom stereocenters. The lowest BCUT2D eigenvalue weighted by molar-refractivity contribution is 0.157. The highest BCUT2D eigenvalue weighted by Gasteiger charge is 1.73. The maximum absolute atomic E-state index is 8.07. The van der Waals surface area contributed by atoms with Gasteiger partial charge in [0.05, 0.1) is 6.73 Å². The molecule has 3 heteroatoms. The van der Waals surface area contributed by atoms with Crippen LogP contribution in [-0.4, -0.2) is 56.9 Å². The fourth-order valence-corrected chi connectivity index (χ4v) is 0. The molecule has 0 rings (SSSR count). The summed E-state index contributed by atoms with van der Waals surface area (Å²) in [5.74, 6) is 0. The third kappa shape index (κ3) is 328. The Morgan fingerprint density at radius 1 is 0.846 bits per heavy atom. The zero-order valence-corrected chi connectivity index (χ0v) is 9.05. The van der Waals surface area contributed by atoms with Crippen molar-refractivity contribution in [2.45, 2.75) is 28.7 Å². The van der Waals surface area contributed by atoms with Gasteiger partial charge in [0.15, 0.2) is 0 Å². The summed E-state index contributed by atoms with van der Waals surface area (Å²) in [7, 11) is 9.61. The first-order chi connectivity index (χ1) is 5.00. The quantitative estimate of drug-likeness (QED) is 0.650. The van der Waals surface area contributed by atoms with E-state index in [-0.39, 0.29) is 21.6 Å². The predicted molar refractivity (Wildman–Crippen MR) is 65.2 cm³/mol. The van der Waals surface area contributed by atoms with Crippen LogP contribution in [0.3, 0.4) is 0 Å².